The van der Waals surface area contributed by atoms with Gasteiger partial charge < -0.3 is 20.5 Å². The molecule has 0 saturated carbocycles. The lowest BCUT2D eigenvalue weighted by molar-refractivity contribution is -0.138. The van der Waals surface area contributed by atoms with Crippen molar-refractivity contribution in [3.63, 3.8) is 0 Å². The van der Waals surface area contributed by atoms with Gasteiger partial charge in [-0.2, -0.15) is 13.2 Å². The summed E-state index contributed by atoms with van der Waals surface area (Å²) in [5.41, 5.74) is 5.19. The zero-order valence-corrected chi connectivity index (χ0v) is 10.9. The van der Waals surface area contributed by atoms with E-state index in [2.05, 4.69) is 0 Å². The maximum atomic E-state index is 13.0. The first-order valence-electron chi connectivity index (χ1n) is 6.33. The van der Waals surface area contributed by atoms with E-state index in [1.165, 1.54) is 6.07 Å². The topological polar surface area (TPSA) is 58.7 Å². The van der Waals surface area contributed by atoms with Gasteiger partial charge in [-0.05, 0) is 17.7 Å². The molecule has 0 aromatic heterocycles. The molecular weight excluding hydrogens is 273 g/mol. The Kier molecular flexibility index (Phi) is 4.52. The molecule has 0 spiro atoms. The monoisotopic (exact) mass is 290 g/mol. The molecule has 0 aliphatic carbocycles. The van der Waals surface area contributed by atoms with Gasteiger partial charge in [0, 0.05) is 25.3 Å². The highest BCUT2D eigenvalue weighted by Crippen LogP contribution is 2.34. The number of rotatable bonds is 3. The summed E-state index contributed by atoms with van der Waals surface area (Å²) in [4.78, 5) is 1.78. The molecule has 4 nitrogen and oxygen atoms in total. The van der Waals surface area contributed by atoms with Crippen LogP contribution in [0, 0.1) is 0 Å². The number of nitrogens with two attached hydrogens (primary N) is 1. The van der Waals surface area contributed by atoms with Crippen molar-refractivity contribution in [3.8, 4) is 0 Å². The van der Waals surface area contributed by atoms with E-state index in [1.807, 2.05) is 0 Å². The summed E-state index contributed by atoms with van der Waals surface area (Å²) in [6.45, 7) is 0.942. The number of benzene rings is 1. The maximum absolute atomic E-state index is 13.0. The first kappa shape index (κ1) is 15.1. The average Bonchev–Trinajstić information content (AvgIpc) is 2.45. The minimum absolute atomic E-state index is 0.0771. The summed E-state index contributed by atoms with van der Waals surface area (Å²) in [5.74, 6) is 0. The molecule has 1 aliphatic rings. The Morgan fingerprint density at radius 2 is 2.15 bits per heavy atom. The van der Waals surface area contributed by atoms with E-state index in [4.69, 9.17) is 15.6 Å². The van der Waals surface area contributed by atoms with Crippen LogP contribution in [0.4, 0.5) is 18.9 Å². The Balaban J connectivity index is 2.29. The quantitative estimate of drug-likeness (QED) is 0.882. The normalized spacial score (nSPS) is 20.2. The Hall–Kier alpha value is -1.31. The molecule has 1 atom stereocenters. The van der Waals surface area contributed by atoms with Crippen molar-refractivity contribution in [2.45, 2.75) is 18.8 Å². The zero-order valence-electron chi connectivity index (χ0n) is 10.9. The molecular formula is C13H17F3N2O2. The average molecular weight is 290 g/mol. The van der Waals surface area contributed by atoms with Crippen molar-refractivity contribution in [2.24, 2.45) is 5.73 Å². The van der Waals surface area contributed by atoms with Gasteiger partial charge in [0.25, 0.3) is 0 Å². The molecule has 1 aliphatic heterocycles. The molecule has 0 radical (unpaired) electrons. The highest BCUT2D eigenvalue weighted by Gasteiger charge is 2.34. The van der Waals surface area contributed by atoms with Crippen LogP contribution in [0.3, 0.4) is 0 Å². The number of aliphatic hydroxyl groups is 1. The molecule has 0 bridgehead atoms. The summed E-state index contributed by atoms with van der Waals surface area (Å²) in [6, 6.07) is 4.14. The lowest BCUT2D eigenvalue weighted by Crippen LogP contribution is -2.44. The molecule has 1 aromatic carbocycles. The minimum Gasteiger partial charge on any atom is -0.394 e. The third kappa shape index (κ3) is 3.23. The second-order valence-corrected chi connectivity index (χ2v) is 4.66. The highest BCUT2D eigenvalue weighted by molar-refractivity contribution is 5.52. The fourth-order valence-electron chi connectivity index (χ4n) is 2.27. The fraction of sp³-hybridized carbons (Fsp3) is 0.538. The van der Waals surface area contributed by atoms with Crippen LogP contribution in [-0.2, 0) is 17.5 Å². The van der Waals surface area contributed by atoms with Crippen molar-refractivity contribution in [3.05, 3.63) is 29.3 Å². The number of alkyl halides is 3. The summed E-state index contributed by atoms with van der Waals surface area (Å²) < 4.78 is 44.2. The van der Waals surface area contributed by atoms with Crippen molar-refractivity contribution < 1.29 is 23.0 Å². The van der Waals surface area contributed by atoms with E-state index in [0.29, 0.717) is 25.4 Å². The smallest absolute Gasteiger partial charge is 0.394 e. The first-order valence-corrected chi connectivity index (χ1v) is 6.33. The summed E-state index contributed by atoms with van der Waals surface area (Å²) in [7, 11) is 0. The van der Waals surface area contributed by atoms with E-state index in [0.717, 1.165) is 6.07 Å². The molecule has 20 heavy (non-hydrogen) atoms. The Labute approximate surface area is 114 Å². The van der Waals surface area contributed by atoms with Crippen molar-refractivity contribution in [1.29, 1.82) is 0 Å². The van der Waals surface area contributed by atoms with Crippen molar-refractivity contribution >= 4 is 5.69 Å². The molecule has 1 aromatic rings. The van der Waals surface area contributed by atoms with Crippen LogP contribution < -0.4 is 10.6 Å². The van der Waals surface area contributed by atoms with Crippen LogP contribution in [0.25, 0.3) is 0 Å². The Morgan fingerprint density at radius 3 is 2.75 bits per heavy atom. The molecule has 7 heteroatoms. The Morgan fingerprint density at radius 1 is 1.40 bits per heavy atom. The number of halogens is 3. The lowest BCUT2D eigenvalue weighted by atomic mass is 10.1. The van der Waals surface area contributed by atoms with Crippen LogP contribution >= 0.6 is 0 Å². The second kappa shape index (κ2) is 5.99. The molecule has 3 N–H and O–H groups in total. The van der Waals surface area contributed by atoms with Crippen molar-refractivity contribution in [2.75, 3.05) is 31.2 Å². The van der Waals surface area contributed by atoms with E-state index < -0.39 is 11.7 Å². The molecule has 112 valence electrons. The number of hydrogen-bond acceptors (Lipinski definition) is 4. The van der Waals surface area contributed by atoms with E-state index in [-0.39, 0.29) is 24.8 Å². The molecule has 1 unspecified atom stereocenters. The van der Waals surface area contributed by atoms with Gasteiger partial charge in [-0.15, -0.1) is 0 Å². The number of ether oxygens (including phenoxy) is 1. The van der Waals surface area contributed by atoms with Gasteiger partial charge in [0.2, 0.25) is 0 Å². The molecule has 1 heterocycles. The van der Waals surface area contributed by atoms with Crippen LogP contribution in [0.1, 0.15) is 11.1 Å². The van der Waals surface area contributed by atoms with E-state index >= 15 is 0 Å². The van der Waals surface area contributed by atoms with Crippen LogP contribution in [0.15, 0.2) is 18.2 Å². The van der Waals surface area contributed by atoms with E-state index in [9.17, 15) is 13.2 Å². The summed E-state index contributed by atoms with van der Waals surface area (Å²) in [5, 5.41) is 9.07. The maximum Gasteiger partial charge on any atom is 0.416 e. The summed E-state index contributed by atoms with van der Waals surface area (Å²) >= 11 is 0. The van der Waals surface area contributed by atoms with Crippen LogP contribution in [0.2, 0.25) is 0 Å². The molecule has 0 amide bonds. The van der Waals surface area contributed by atoms with Gasteiger partial charge in [-0.3, -0.25) is 0 Å². The van der Waals surface area contributed by atoms with Crippen LogP contribution in [-0.4, -0.2) is 37.5 Å². The number of aliphatic hydroxyl groups excluding tert-OH is 1. The number of morpholine rings is 1. The van der Waals surface area contributed by atoms with Gasteiger partial charge in [-0.25, -0.2) is 0 Å². The lowest BCUT2D eigenvalue weighted by Gasteiger charge is -2.34. The third-order valence-corrected chi connectivity index (χ3v) is 3.33. The number of anilines is 1. The molecule has 1 fully saturated rings. The number of nitrogens with zero attached hydrogens (tertiary/aromatic N) is 1. The summed E-state index contributed by atoms with van der Waals surface area (Å²) in [6.07, 6.45) is -4.79. The first-order chi connectivity index (χ1) is 9.45. The predicted octanol–water partition coefficient (Wildman–Crippen LogP) is 1.36. The fourth-order valence-corrected chi connectivity index (χ4v) is 2.27. The number of hydrogen-bond donors (Lipinski definition) is 2. The standard InChI is InChI=1S/C13H17F3N2O2/c14-13(15,16)12-5-10(2-1-9(12)6-17)18-3-4-20-11(7-18)8-19/h1-2,5,11,19H,3-4,6-8,17H2. The second-order valence-electron chi connectivity index (χ2n) is 4.66. The zero-order chi connectivity index (χ0) is 14.8. The molecule has 2 rings (SSSR count). The largest absolute Gasteiger partial charge is 0.416 e. The van der Waals surface area contributed by atoms with Gasteiger partial charge in [0.15, 0.2) is 0 Å². The minimum atomic E-state index is -4.42. The SMILES string of the molecule is NCc1ccc(N2CCOC(CO)C2)cc1C(F)(F)F. The van der Waals surface area contributed by atoms with Gasteiger partial charge in [-0.1, -0.05) is 6.07 Å². The van der Waals surface area contributed by atoms with E-state index in [1.54, 1.807) is 11.0 Å². The molecule has 1 saturated heterocycles. The highest BCUT2D eigenvalue weighted by atomic mass is 19.4. The van der Waals surface area contributed by atoms with Crippen molar-refractivity contribution in [1.82, 2.24) is 0 Å². The van der Waals surface area contributed by atoms with Gasteiger partial charge in [0.05, 0.1) is 24.9 Å². The van der Waals surface area contributed by atoms with Gasteiger partial charge in [0.1, 0.15) is 0 Å². The Bertz CT molecular complexity index is 465. The van der Waals surface area contributed by atoms with Gasteiger partial charge >= 0.3 is 6.18 Å². The third-order valence-electron chi connectivity index (χ3n) is 3.33. The predicted molar refractivity (Wildman–Crippen MR) is 68.4 cm³/mol. The van der Waals surface area contributed by atoms with Crippen LogP contribution in [0.5, 0.6) is 0 Å².